The topological polar surface area (TPSA) is 60.4 Å². The van der Waals surface area contributed by atoms with E-state index in [4.69, 9.17) is 0 Å². The molecule has 1 heterocycles. The number of hydrogen-bond acceptors (Lipinski definition) is 4. The summed E-state index contributed by atoms with van der Waals surface area (Å²) in [4.78, 5) is 10.4. The van der Waals surface area contributed by atoms with Crippen molar-refractivity contribution in [2.75, 3.05) is 0 Å². The zero-order chi connectivity index (χ0) is 7.07. The van der Waals surface area contributed by atoms with Crippen LogP contribution in [0.3, 0.4) is 0 Å². The van der Waals surface area contributed by atoms with Gasteiger partial charge in [-0.2, -0.15) is 8.42 Å². The van der Waals surface area contributed by atoms with Gasteiger partial charge in [-0.3, -0.25) is 8.98 Å². The summed E-state index contributed by atoms with van der Waals surface area (Å²) in [6.45, 7) is 1.54. The molecule has 1 aliphatic heterocycles. The Labute approximate surface area is 52.9 Å². The normalized spacial score (nSPS) is 33.0. The van der Waals surface area contributed by atoms with Crippen molar-refractivity contribution in [2.45, 2.75) is 19.4 Å². The molecule has 1 aliphatic rings. The zero-order valence-corrected chi connectivity index (χ0v) is 5.64. The molecule has 1 fully saturated rings. The van der Waals surface area contributed by atoms with Gasteiger partial charge in [-0.15, -0.1) is 0 Å². The summed E-state index contributed by atoms with van der Waals surface area (Å²) in [7, 11) is -3.81. The van der Waals surface area contributed by atoms with Gasteiger partial charge in [0.25, 0.3) is 5.12 Å². The van der Waals surface area contributed by atoms with Crippen molar-refractivity contribution in [1.82, 2.24) is 0 Å². The van der Waals surface area contributed by atoms with E-state index in [1.165, 1.54) is 0 Å². The van der Waals surface area contributed by atoms with Crippen molar-refractivity contribution in [3.05, 3.63) is 0 Å². The first-order valence-electron chi connectivity index (χ1n) is 2.48. The quantitative estimate of drug-likeness (QED) is 0.443. The Bertz CT molecular complexity index is 227. The van der Waals surface area contributed by atoms with Gasteiger partial charge in [0.15, 0.2) is 0 Å². The third kappa shape index (κ3) is 1.11. The number of carbonyl (C=O) groups is 1. The fourth-order valence-corrected chi connectivity index (χ4v) is 1.69. The van der Waals surface area contributed by atoms with Gasteiger partial charge >= 0.3 is 10.1 Å². The maximum atomic E-state index is 10.4. The van der Waals surface area contributed by atoms with Gasteiger partial charge < -0.3 is 0 Å². The Balaban J connectivity index is 2.96. The molecule has 0 aromatic heterocycles. The lowest BCUT2D eigenvalue weighted by molar-refractivity contribution is -0.111. The average molecular weight is 150 g/mol. The Morgan fingerprint density at radius 3 is 2.33 bits per heavy atom. The van der Waals surface area contributed by atoms with E-state index >= 15 is 0 Å². The largest absolute Gasteiger partial charge is 0.331 e. The minimum atomic E-state index is -3.81. The van der Waals surface area contributed by atoms with Crippen LogP contribution in [0.25, 0.3) is 0 Å². The van der Waals surface area contributed by atoms with Crippen molar-refractivity contribution >= 4 is 15.2 Å². The van der Waals surface area contributed by atoms with E-state index in [2.05, 4.69) is 4.18 Å². The van der Waals surface area contributed by atoms with Crippen LogP contribution in [0.2, 0.25) is 0 Å². The van der Waals surface area contributed by atoms with E-state index < -0.39 is 21.3 Å². The van der Waals surface area contributed by atoms with Crippen LogP contribution in [0.15, 0.2) is 0 Å². The number of hydrogen-bond donors (Lipinski definition) is 0. The van der Waals surface area contributed by atoms with E-state index in [1.807, 2.05) is 0 Å². The van der Waals surface area contributed by atoms with Crippen LogP contribution in [0.5, 0.6) is 0 Å². The molecule has 0 spiro atoms. The molecule has 0 amide bonds. The summed E-state index contributed by atoms with van der Waals surface area (Å²) in [5, 5.41) is -0.810. The predicted molar refractivity (Wildman–Crippen MR) is 29.1 cm³/mol. The highest BCUT2D eigenvalue weighted by Crippen LogP contribution is 2.16. The molecular formula is C4H6O4S. The standard InChI is InChI=1S/C4H6O4S/c1-3-2-4(5)9(6,7)8-3/h3H,2H2,1H3. The number of carbonyl (C=O) groups excluding carboxylic acids is 1. The highest BCUT2D eigenvalue weighted by molar-refractivity contribution is 8.02. The molecule has 0 N–H and O–H groups in total. The first-order chi connectivity index (χ1) is 4.02. The molecule has 4 nitrogen and oxygen atoms in total. The molecule has 0 radical (unpaired) electrons. The van der Waals surface area contributed by atoms with Crippen LogP contribution < -0.4 is 0 Å². The van der Waals surface area contributed by atoms with Crippen LogP contribution in [0, 0.1) is 0 Å². The van der Waals surface area contributed by atoms with E-state index in [0.29, 0.717) is 0 Å². The van der Waals surface area contributed by atoms with Crippen LogP contribution >= 0.6 is 0 Å². The van der Waals surface area contributed by atoms with Crippen LogP contribution in [0.4, 0.5) is 0 Å². The van der Waals surface area contributed by atoms with Gasteiger partial charge in [-0.25, -0.2) is 0 Å². The molecule has 52 valence electrons. The molecule has 0 aromatic carbocycles. The molecule has 0 bridgehead atoms. The molecule has 0 aromatic rings. The maximum Gasteiger partial charge on any atom is 0.331 e. The minimum absolute atomic E-state index is 0.0116. The van der Waals surface area contributed by atoms with E-state index in [-0.39, 0.29) is 6.42 Å². The van der Waals surface area contributed by atoms with E-state index in [0.717, 1.165) is 0 Å². The predicted octanol–water partition coefficient (Wildman–Crippen LogP) is -0.348. The fraction of sp³-hybridized carbons (Fsp3) is 0.750. The second kappa shape index (κ2) is 1.78. The third-order valence-corrected chi connectivity index (χ3v) is 2.33. The fourth-order valence-electron chi connectivity index (χ4n) is 0.641. The molecular weight excluding hydrogens is 144 g/mol. The smallest absolute Gasteiger partial charge is 0.279 e. The van der Waals surface area contributed by atoms with Crippen molar-refractivity contribution in [2.24, 2.45) is 0 Å². The Kier molecular flexibility index (Phi) is 1.32. The average Bonchev–Trinajstić information content (AvgIpc) is 1.79. The summed E-state index contributed by atoms with van der Waals surface area (Å²) in [6.07, 6.45) is -0.481. The molecule has 9 heavy (non-hydrogen) atoms. The molecule has 1 unspecified atom stereocenters. The van der Waals surface area contributed by atoms with Gasteiger partial charge in [0, 0.05) is 0 Å². The van der Waals surface area contributed by atoms with Gasteiger partial charge in [-0.05, 0) is 6.92 Å². The summed E-state index contributed by atoms with van der Waals surface area (Å²) in [5.41, 5.74) is 0. The van der Waals surface area contributed by atoms with Gasteiger partial charge in [0.2, 0.25) is 0 Å². The lowest BCUT2D eigenvalue weighted by Gasteiger charge is -1.91. The first-order valence-corrected chi connectivity index (χ1v) is 3.89. The van der Waals surface area contributed by atoms with Gasteiger partial charge in [0.1, 0.15) is 0 Å². The SMILES string of the molecule is CC1CC(=O)S(=O)(=O)O1. The highest BCUT2D eigenvalue weighted by Gasteiger charge is 2.35. The van der Waals surface area contributed by atoms with E-state index in [9.17, 15) is 13.2 Å². The molecule has 1 rings (SSSR count). The molecule has 0 saturated carbocycles. The number of rotatable bonds is 0. The second-order valence-electron chi connectivity index (χ2n) is 1.94. The third-order valence-electron chi connectivity index (χ3n) is 1.02. The van der Waals surface area contributed by atoms with Crippen LogP contribution in [-0.2, 0) is 19.1 Å². The molecule has 0 aliphatic carbocycles. The van der Waals surface area contributed by atoms with Gasteiger partial charge in [0.05, 0.1) is 12.5 Å². The monoisotopic (exact) mass is 150 g/mol. The van der Waals surface area contributed by atoms with Crippen molar-refractivity contribution in [3.8, 4) is 0 Å². The molecule has 5 heteroatoms. The summed E-state index contributed by atoms with van der Waals surface area (Å²) in [5.74, 6) is 0. The highest BCUT2D eigenvalue weighted by atomic mass is 32.2. The Morgan fingerprint density at radius 1 is 1.67 bits per heavy atom. The van der Waals surface area contributed by atoms with Crippen molar-refractivity contribution < 1.29 is 17.4 Å². The van der Waals surface area contributed by atoms with Crippen LogP contribution in [-0.4, -0.2) is 19.6 Å². The first kappa shape index (κ1) is 6.70. The molecule has 1 atom stereocenters. The maximum absolute atomic E-state index is 10.4. The summed E-state index contributed by atoms with van der Waals surface area (Å²) < 4.78 is 25.1. The molecule has 1 saturated heterocycles. The van der Waals surface area contributed by atoms with Crippen LogP contribution in [0.1, 0.15) is 13.3 Å². The van der Waals surface area contributed by atoms with Gasteiger partial charge in [-0.1, -0.05) is 0 Å². The lowest BCUT2D eigenvalue weighted by Crippen LogP contribution is -2.05. The summed E-state index contributed by atoms with van der Waals surface area (Å²) >= 11 is 0. The second-order valence-corrected chi connectivity index (χ2v) is 3.49. The van der Waals surface area contributed by atoms with E-state index in [1.54, 1.807) is 6.92 Å². The van der Waals surface area contributed by atoms with Crippen molar-refractivity contribution in [3.63, 3.8) is 0 Å². The lowest BCUT2D eigenvalue weighted by atomic mass is 10.3. The summed E-state index contributed by atoms with van der Waals surface area (Å²) in [6, 6.07) is 0. The Morgan fingerprint density at radius 2 is 2.22 bits per heavy atom. The zero-order valence-electron chi connectivity index (χ0n) is 4.83. The minimum Gasteiger partial charge on any atom is -0.279 e. The Hall–Kier alpha value is -0.420. The van der Waals surface area contributed by atoms with Crippen molar-refractivity contribution in [1.29, 1.82) is 0 Å².